The van der Waals surface area contributed by atoms with Crippen molar-refractivity contribution in [3.63, 3.8) is 0 Å². The fourth-order valence-corrected chi connectivity index (χ4v) is 7.67. The number of hydrogen-bond donors (Lipinski definition) is 1. The molecule has 0 aromatic carbocycles. The van der Waals surface area contributed by atoms with Crippen LogP contribution < -0.4 is 0 Å². The normalized spacial score (nSPS) is 14.3. The molecule has 0 heterocycles. The van der Waals surface area contributed by atoms with Crippen molar-refractivity contribution in [2.24, 2.45) is 0 Å². The molecular formula is C61H103NO8P+. The van der Waals surface area contributed by atoms with Gasteiger partial charge >= 0.3 is 19.8 Å². The smallest absolute Gasteiger partial charge is 0.462 e. The molecule has 0 bridgehead atoms. The SMILES string of the molecule is CC/C=C\C/C=C\C/C=C\C/C=C\C/C=C\C/C=C\C/C=C\C/C=C\CCCCCCCCCCC(=O)OC(COC(=O)CCCCCCC/C=C\C/C=C\CCCC)COP(=O)(O)OCC[N+](C)(C)C. The van der Waals surface area contributed by atoms with Crippen LogP contribution in [0.2, 0.25) is 0 Å². The maximum atomic E-state index is 12.8. The molecule has 0 aliphatic heterocycles. The van der Waals surface area contributed by atoms with Crippen LogP contribution in [-0.4, -0.2) is 74.9 Å². The minimum absolute atomic E-state index is 0.0211. The van der Waals surface area contributed by atoms with Gasteiger partial charge in [-0.05, 0) is 103 Å². The first kappa shape index (κ1) is 67.4. The minimum Gasteiger partial charge on any atom is -0.462 e. The first-order valence-corrected chi connectivity index (χ1v) is 29.3. The van der Waals surface area contributed by atoms with Gasteiger partial charge in [-0.15, -0.1) is 0 Å². The van der Waals surface area contributed by atoms with Crippen molar-refractivity contribution in [3.8, 4) is 0 Å². The lowest BCUT2D eigenvalue weighted by molar-refractivity contribution is -0.870. The highest BCUT2D eigenvalue weighted by atomic mass is 31.2. The van der Waals surface area contributed by atoms with Gasteiger partial charge in [0, 0.05) is 12.8 Å². The Morgan fingerprint density at radius 2 is 0.803 bits per heavy atom. The molecule has 0 aliphatic carbocycles. The van der Waals surface area contributed by atoms with E-state index < -0.39 is 26.5 Å². The molecule has 0 spiro atoms. The average Bonchev–Trinajstić information content (AvgIpc) is 3.33. The van der Waals surface area contributed by atoms with Gasteiger partial charge in [0.15, 0.2) is 6.10 Å². The van der Waals surface area contributed by atoms with Crippen LogP contribution in [0.15, 0.2) is 122 Å². The molecule has 0 aliphatic rings. The Labute approximate surface area is 435 Å². The van der Waals surface area contributed by atoms with Gasteiger partial charge in [0.05, 0.1) is 27.7 Å². The van der Waals surface area contributed by atoms with Gasteiger partial charge in [-0.2, -0.15) is 0 Å². The third kappa shape index (κ3) is 55.6. The number of allylic oxidation sites excluding steroid dienone is 20. The number of quaternary nitrogens is 1. The number of phosphoric acid groups is 1. The van der Waals surface area contributed by atoms with Crippen LogP contribution in [-0.2, 0) is 32.7 Å². The second-order valence-electron chi connectivity index (χ2n) is 19.2. The Bertz CT molecular complexity index is 1610. The van der Waals surface area contributed by atoms with Crippen LogP contribution in [0.1, 0.15) is 200 Å². The zero-order chi connectivity index (χ0) is 52.0. The van der Waals surface area contributed by atoms with Crippen LogP contribution in [0.25, 0.3) is 0 Å². The molecule has 0 fully saturated rings. The molecule has 0 rings (SSSR count). The first-order valence-electron chi connectivity index (χ1n) is 27.8. The fourth-order valence-electron chi connectivity index (χ4n) is 6.93. The number of carbonyl (C=O) groups excluding carboxylic acids is 2. The van der Waals surface area contributed by atoms with Gasteiger partial charge in [0.25, 0.3) is 0 Å². The molecular weight excluding hydrogens is 906 g/mol. The van der Waals surface area contributed by atoms with Crippen molar-refractivity contribution in [2.45, 2.75) is 206 Å². The molecule has 0 aromatic rings. The molecule has 0 radical (unpaired) electrons. The number of ether oxygens (including phenoxy) is 2. The molecule has 71 heavy (non-hydrogen) atoms. The molecule has 1 N–H and O–H groups in total. The lowest BCUT2D eigenvalue weighted by atomic mass is 10.1. The Balaban J connectivity index is 4.20. The zero-order valence-electron chi connectivity index (χ0n) is 45.7. The number of nitrogens with zero attached hydrogens (tertiary/aromatic N) is 1. The van der Waals surface area contributed by atoms with E-state index in [9.17, 15) is 19.0 Å². The molecule has 0 amide bonds. The zero-order valence-corrected chi connectivity index (χ0v) is 46.6. The number of unbranched alkanes of at least 4 members (excludes halogenated alkanes) is 15. The van der Waals surface area contributed by atoms with Crippen LogP contribution in [0.4, 0.5) is 0 Å². The topological polar surface area (TPSA) is 108 Å². The van der Waals surface area contributed by atoms with E-state index in [2.05, 4.69) is 135 Å². The van der Waals surface area contributed by atoms with E-state index in [1.54, 1.807) is 0 Å². The Morgan fingerprint density at radius 3 is 1.20 bits per heavy atom. The summed E-state index contributed by atoms with van der Waals surface area (Å²) in [6, 6.07) is 0. The summed E-state index contributed by atoms with van der Waals surface area (Å²) in [6.45, 7) is 4.23. The first-order chi connectivity index (χ1) is 34.5. The van der Waals surface area contributed by atoms with Gasteiger partial charge in [0.1, 0.15) is 19.8 Å². The minimum atomic E-state index is -4.40. The lowest BCUT2D eigenvalue weighted by Gasteiger charge is -2.24. The molecule has 2 atom stereocenters. The number of carbonyl (C=O) groups is 2. The van der Waals surface area contributed by atoms with Gasteiger partial charge in [-0.25, -0.2) is 4.57 Å². The average molecular weight is 1010 g/mol. The fraction of sp³-hybridized carbons (Fsp3) is 0.639. The van der Waals surface area contributed by atoms with E-state index in [1.807, 2.05) is 21.1 Å². The lowest BCUT2D eigenvalue weighted by Crippen LogP contribution is -2.37. The summed E-state index contributed by atoms with van der Waals surface area (Å²) in [4.78, 5) is 35.6. The van der Waals surface area contributed by atoms with Crippen molar-refractivity contribution in [3.05, 3.63) is 122 Å². The van der Waals surface area contributed by atoms with Crippen molar-refractivity contribution in [1.82, 2.24) is 0 Å². The van der Waals surface area contributed by atoms with Crippen molar-refractivity contribution in [2.75, 3.05) is 47.5 Å². The Kier molecular flexibility index (Phi) is 48.7. The Morgan fingerprint density at radius 1 is 0.451 bits per heavy atom. The number of phosphoric ester groups is 1. The predicted molar refractivity (Wildman–Crippen MR) is 302 cm³/mol. The van der Waals surface area contributed by atoms with Crippen LogP contribution in [0.3, 0.4) is 0 Å². The highest BCUT2D eigenvalue weighted by molar-refractivity contribution is 7.47. The second kappa shape index (κ2) is 51.3. The number of hydrogen-bond acceptors (Lipinski definition) is 7. The Hall–Kier alpha value is -3.59. The molecule has 0 saturated heterocycles. The van der Waals surface area contributed by atoms with Crippen LogP contribution in [0.5, 0.6) is 0 Å². The summed E-state index contributed by atoms with van der Waals surface area (Å²) in [5.74, 6) is -0.833. The predicted octanol–water partition coefficient (Wildman–Crippen LogP) is 17.2. The summed E-state index contributed by atoms with van der Waals surface area (Å²) in [5, 5.41) is 0. The van der Waals surface area contributed by atoms with E-state index in [0.29, 0.717) is 23.9 Å². The van der Waals surface area contributed by atoms with Gasteiger partial charge in [0.2, 0.25) is 0 Å². The maximum Gasteiger partial charge on any atom is 0.472 e. The largest absolute Gasteiger partial charge is 0.472 e. The number of likely N-dealkylation sites (N-methyl/N-ethyl adjacent to an activating group) is 1. The van der Waals surface area contributed by atoms with Crippen LogP contribution in [0, 0.1) is 0 Å². The third-order valence-electron chi connectivity index (χ3n) is 11.2. The molecule has 0 aromatic heterocycles. The standard InChI is InChI=1S/C61H102NO8P/c1-6-8-10-12-14-16-18-20-22-23-24-25-26-27-28-29-30-31-32-33-34-35-36-37-38-39-40-42-44-46-48-50-52-54-61(64)70-59(58-69-71(65,66)68-56-55-62(3,4)5)57-67-60(63)53-51-49-47-45-43-41-21-19-17-15-13-11-9-7-2/h8,10,13-16,19-22,24-25,27-28,30-31,33-34,36-37,59H,6-7,9,11-12,17-18,23,26,29,32,35,38-58H2,1-5H3/p+1/b10-8-,15-13-,16-14-,21-19-,22-20-,25-24-,28-27-,31-30-,34-33-,37-36-. The molecule has 2 unspecified atom stereocenters. The number of esters is 2. The summed E-state index contributed by atoms with van der Waals surface area (Å²) in [7, 11) is 1.44. The van der Waals surface area contributed by atoms with Crippen molar-refractivity contribution in [1.29, 1.82) is 0 Å². The maximum absolute atomic E-state index is 12.8. The van der Waals surface area contributed by atoms with Gasteiger partial charge in [-0.3, -0.25) is 18.6 Å². The third-order valence-corrected chi connectivity index (χ3v) is 12.2. The number of rotatable bonds is 49. The summed E-state index contributed by atoms with van der Waals surface area (Å²) in [5.41, 5.74) is 0. The quantitative estimate of drug-likeness (QED) is 0.0211. The van der Waals surface area contributed by atoms with Crippen LogP contribution >= 0.6 is 7.82 Å². The van der Waals surface area contributed by atoms with Crippen molar-refractivity contribution >= 4 is 19.8 Å². The van der Waals surface area contributed by atoms with E-state index in [-0.39, 0.29) is 32.0 Å². The summed E-state index contributed by atoms with van der Waals surface area (Å²) in [6.07, 6.45) is 72.6. The molecule has 0 saturated carbocycles. The van der Waals surface area contributed by atoms with Crippen molar-refractivity contribution < 1.29 is 42.1 Å². The summed E-state index contributed by atoms with van der Waals surface area (Å²) >= 11 is 0. The highest BCUT2D eigenvalue weighted by Gasteiger charge is 2.27. The monoisotopic (exact) mass is 1010 g/mol. The van der Waals surface area contributed by atoms with E-state index >= 15 is 0 Å². The molecule has 10 heteroatoms. The van der Waals surface area contributed by atoms with E-state index in [4.69, 9.17) is 18.5 Å². The summed E-state index contributed by atoms with van der Waals surface area (Å²) < 4.78 is 34.4. The van der Waals surface area contributed by atoms with E-state index in [1.165, 1.54) is 38.5 Å². The molecule has 404 valence electrons. The van der Waals surface area contributed by atoms with Gasteiger partial charge in [-0.1, -0.05) is 206 Å². The molecule has 9 nitrogen and oxygen atoms in total. The highest BCUT2D eigenvalue weighted by Crippen LogP contribution is 2.43. The second-order valence-corrected chi connectivity index (χ2v) is 20.7. The van der Waals surface area contributed by atoms with E-state index in [0.717, 1.165) is 122 Å². The van der Waals surface area contributed by atoms with Gasteiger partial charge < -0.3 is 18.9 Å².